The van der Waals surface area contributed by atoms with Crippen molar-refractivity contribution in [2.24, 2.45) is 0 Å². The minimum absolute atomic E-state index is 0.309. The Morgan fingerprint density at radius 2 is 1.95 bits per heavy atom. The molecule has 0 aliphatic heterocycles. The monoisotopic (exact) mass is 387 g/mol. The number of hydrogen-bond acceptors (Lipinski definition) is 2. The number of benzene rings is 2. The van der Waals surface area contributed by atoms with Crippen LogP contribution in [-0.4, -0.2) is 11.7 Å². The van der Waals surface area contributed by atoms with Crippen LogP contribution >= 0.6 is 31.9 Å². The van der Waals surface area contributed by atoms with Gasteiger partial charge < -0.3 is 10.4 Å². The van der Waals surface area contributed by atoms with Crippen LogP contribution in [0.15, 0.2) is 51.4 Å². The molecule has 2 rings (SSSR count). The standard InChI is InChI=1S/C14H12Br2FNO/c15-10-4-5-13(12(16)7-10)18-8-14(19)9-2-1-3-11(17)6-9/h1-7,14,18-19H,8H2. The molecule has 100 valence electrons. The molecule has 19 heavy (non-hydrogen) atoms. The zero-order valence-corrected chi connectivity index (χ0v) is 13.1. The molecular weight excluding hydrogens is 377 g/mol. The first-order valence-electron chi connectivity index (χ1n) is 5.69. The van der Waals surface area contributed by atoms with Gasteiger partial charge in [0.25, 0.3) is 0 Å². The molecule has 0 fully saturated rings. The van der Waals surface area contributed by atoms with E-state index in [1.807, 2.05) is 18.2 Å². The van der Waals surface area contributed by atoms with E-state index in [1.54, 1.807) is 12.1 Å². The molecule has 2 nitrogen and oxygen atoms in total. The van der Waals surface area contributed by atoms with Gasteiger partial charge in [0.2, 0.25) is 0 Å². The SMILES string of the molecule is OC(CNc1ccc(Br)cc1Br)c1cccc(F)c1. The summed E-state index contributed by atoms with van der Waals surface area (Å²) in [6.45, 7) is 0.309. The normalized spacial score (nSPS) is 12.2. The van der Waals surface area contributed by atoms with Gasteiger partial charge >= 0.3 is 0 Å². The van der Waals surface area contributed by atoms with Crippen LogP contribution < -0.4 is 5.32 Å². The largest absolute Gasteiger partial charge is 0.387 e. The molecule has 0 radical (unpaired) electrons. The summed E-state index contributed by atoms with van der Waals surface area (Å²) in [5, 5.41) is 13.1. The average molecular weight is 389 g/mol. The molecule has 1 atom stereocenters. The average Bonchev–Trinajstić information content (AvgIpc) is 2.37. The van der Waals surface area contributed by atoms with E-state index >= 15 is 0 Å². The predicted molar refractivity (Wildman–Crippen MR) is 81.7 cm³/mol. The van der Waals surface area contributed by atoms with Gasteiger partial charge in [0.15, 0.2) is 0 Å². The van der Waals surface area contributed by atoms with Gasteiger partial charge in [-0.1, -0.05) is 28.1 Å². The summed E-state index contributed by atoms with van der Waals surface area (Å²) in [6, 6.07) is 11.7. The van der Waals surface area contributed by atoms with Crippen molar-refractivity contribution < 1.29 is 9.50 Å². The molecule has 2 aromatic carbocycles. The second kappa shape index (κ2) is 6.50. The van der Waals surface area contributed by atoms with E-state index in [0.717, 1.165) is 14.6 Å². The molecule has 2 aromatic rings. The number of rotatable bonds is 4. The number of aliphatic hydroxyl groups is 1. The first-order chi connectivity index (χ1) is 9.06. The Kier molecular flexibility index (Phi) is 4.96. The van der Waals surface area contributed by atoms with Crippen molar-refractivity contribution in [1.29, 1.82) is 0 Å². The molecule has 1 unspecified atom stereocenters. The van der Waals surface area contributed by atoms with E-state index in [4.69, 9.17) is 0 Å². The van der Waals surface area contributed by atoms with Gasteiger partial charge in [0.1, 0.15) is 5.82 Å². The minimum Gasteiger partial charge on any atom is -0.387 e. The van der Waals surface area contributed by atoms with Gasteiger partial charge in [-0.25, -0.2) is 4.39 Å². The lowest BCUT2D eigenvalue weighted by molar-refractivity contribution is 0.191. The highest BCUT2D eigenvalue weighted by atomic mass is 79.9. The van der Waals surface area contributed by atoms with E-state index < -0.39 is 6.10 Å². The number of nitrogens with one attached hydrogen (secondary N) is 1. The molecule has 0 saturated heterocycles. The Balaban J connectivity index is 2.02. The lowest BCUT2D eigenvalue weighted by Gasteiger charge is -2.14. The first-order valence-corrected chi connectivity index (χ1v) is 7.27. The Morgan fingerprint density at radius 1 is 1.16 bits per heavy atom. The molecular formula is C14H12Br2FNO. The molecule has 2 N–H and O–H groups in total. The van der Waals surface area contributed by atoms with Gasteiger partial charge in [-0.05, 0) is 51.8 Å². The van der Waals surface area contributed by atoms with Crippen molar-refractivity contribution in [3.63, 3.8) is 0 Å². The van der Waals surface area contributed by atoms with Crippen LogP contribution in [-0.2, 0) is 0 Å². The minimum atomic E-state index is -0.758. The second-order valence-corrected chi connectivity index (χ2v) is 5.85. The van der Waals surface area contributed by atoms with Crippen LogP contribution in [0.2, 0.25) is 0 Å². The zero-order valence-electron chi connectivity index (χ0n) is 9.91. The van der Waals surface area contributed by atoms with Crippen LogP contribution in [0.5, 0.6) is 0 Å². The maximum Gasteiger partial charge on any atom is 0.123 e. The maximum absolute atomic E-state index is 13.1. The van der Waals surface area contributed by atoms with Gasteiger partial charge in [-0.3, -0.25) is 0 Å². The fourth-order valence-corrected chi connectivity index (χ4v) is 2.86. The number of anilines is 1. The summed E-state index contributed by atoms with van der Waals surface area (Å²) in [4.78, 5) is 0. The summed E-state index contributed by atoms with van der Waals surface area (Å²) < 4.78 is 14.9. The molecule has 0 spiro atoms. The van der Waals surface area contributed by atoms with E-state index in [1.165, 1.54) is 12.1 Å². The Hall–Kier alpha value is -0.910. The molecule has 0 bridgehead atoms. The topological polar surface area (TPSA) is 32.3 Å². The van der Waals surface area contributed by atoms with Gasteiger partial charge in [-0.15, -0.1) is 0 Å². The fourth-order valence-electron chi connectivity index (χ4n) is 1.67. The second-order valence-electron chi connectivity index (χ2n) is 4.08. The molecule has 0 aromatic heterocycles. The van der Waals surface area contributed by atoms with Crippen molar-refractivity contribution in [3.05, 3.63) is 62.8 Å². The van der Waals surface area contributed by atoms with Crippen molar-refractivity contribution >= 4 is 37.5 Å². The van der Waals surface area contributed by atoms with Crippen LogP contribution in [0.25, 0.3) is 0 Å². The van der Waals surface area contributed by atoms with E-state index in [2.05, 4.69) is 37.2 Å². The summed E-state index contributed by atoms with van der Waals surface area (Å²) >= 11 is 6.80. The van der Waals surface area contributed by atoms with Crippen LogP contribution in [0.4, 0.5) is 10.1 Å². The number of halogens is 3. The summed E-state index contributed by atoms with van der Waals surface area (Å²) in [5.41, 5.74) is 1.43. The first kappa shape index (κ1) is 14.5. The van der Waals surface area contributed by atoms with E-state index in [-0.39, 0.29) is 5.82 Å². The van der Waals surface area contributed by atoms with E-state index in [0.29, 0.717) is 12.1 Å². The lowest BCUT2D eigenvalue weighted by atomic mass is 10.1. The Morgan fingerprint density at radius 3 is 2.63 bits per heavy atom. The van der Waals surface area contributed by atoms with E-state index in [9.17, 15) is 9.50 Å². The van der Waals surface area contributed by atoms with Crippen LogP contribution in [0.1, 0.15) is 11.7 Å². The van der Waals surface area contributed by atoms with Crippen molar-refractivity contribution in [1.82, 2.24) is 0 Å². The lowest BCUT2D eigenvalue weighted by Crippen LogP contribution is -2.12. The molecule has 0 heterocycles. The zero-order chi connectivity index (χ0) is 13.8. The molecule has 0 aliphatic carbocycles. The predicted octanol–water partition coefficient (Wildman–Crippen LogP) is 4.50. The highest BCUT2D eigenvalue weighted by Crippen LogP contribution is 2.26. The molecule has 5 heteroatoms. The van der Waals surface area contributed by atoms with Gasteiger partial charge in [-0.2, -0.15) is 0 Å². The third-order valence-electron chi connectivity index (χ3n) is 2.65. The van der Waals surface area contributed by atoms with Gasteiger partial charge in [0.05, 0.1) is 6.10 Å². The van der Waals surface area contributed by atoms with Crippen molar-refractivity contribution in [2.45, 2.75) is 6.10 Å². The highest BCUT2D eigenvalue weighted by molar-refractivity contribution is 9.11. The van der Waals surface area contributed by atoms with Gasteiger partial charge in [0, 0.05) is 21.2 Å². The third-order valence-corrected chi connectivity index (χ3v) is 3.80. The maximum atomic E-state index is 13.1. The highest BCUT2D eigenvalue weighted by Gasteiger charge is 2.09. The van der Waals surface area contributed by atoms with Crippen LogP contribution in [0, 0.1) is 5.82 Å². The summed E-state index contributed by atoms with van der Waals surface area (Å²) in [6.07, 6.45) is -0.758. The summed E-state index contributed by atoms with van der Waals surface area (Å²) in [5.74, 6) is -0.346. The smallest absolute Gasteiger partial charge is 0.123 e. The number of aliphatic hydroxyl groups excluding tert-OH is 1. The summed E-state index contributed by atoms with van der Waals surface area (Å²) in [7, 11) is 0. The Bertz CT molecular complexity index is 577. The van der Waals surface area contributed by atoms with Crippen LogP contribution in [0.3, 0.4) is 0 Å². The molecule has 0 saturated carbocycles. The fraction of sp³-hybridized carbons (Fsp3) is 0.143. The van der Waals surface area contributed by atoms with Crippen molar-refractivity contribution in [2.75, 3.05) is 11.9 Å². The molecule has 0 aliphatic rings. The Labute approximate surface area is 127 Å². The third kappa shape index (κ3) is 4.03. The van der Waals surface area contributed by atoms with Crippen molar-refractivity contribution in [3.8, 4) is 0 Å². The molecule has 0 amide bonds. The number of hydrogen-bond donors (Lipinski definition) is 2. The quantitative estimate of drug-likeness (QED) is 0.808.